The molecule has 0 bridgehead atoms. The lowest BCUT2D eigenvalue weighted by Gasteiger charge is -2.01. The Kier molecular flexibility index (Phi) is 1.73. The van der Waals surface area contributed by atoms with Gasteiger partial charge in [-0.1, -0.05) is 0 Å². The molecule has 1 aliphatic rings. The number of carboxylic acids is 1. The van der Waals surface area contributed by atoms with E-state index in [1.807, 2.05) is 6.07 Å². The van der Waals surface area contributed by atoms with E-state index in [2.05, 4.69) is 15.0 Å². The summed E-state index contributed by atoms with van der Waals surface area (Å²) in [5.41, 5.74) is 1.02. The number of carboxylic acid groups (broad SMARTS) is 1. The predicted octanol–water partition coefficient (Wildman–Crippen LogP) is 1.34. The number of hydrogen-bond acceptors (Lipinski definition) is 4. The van der Waals surface area contributed by atoms with E-state index in [-0.39, 0.29) is 5.71 Å². The molecule has 5 nitrogen and oxygen atoms in total. The molecule has 16 heavy (non-hydrogen) atoms. The van der Waals surface area contributed by atoms with Gasteiger partial charge >= 0.3 is 5.97 Å². The van der Waals surface area contributed by atoms with Gasteiger partial charge in [-0.3, -0.25) is 4.98 Å². The Balaban J connectivity index is 2.23. The second-order valence-electron chi connectivity index (χ2n) is 3.56. The van der Waals surface area contributed by atoms with Crippen molar-refractivity contribution in [2.45, 2.75) is 6.42 Å². The van der Waals surface area contributed by atoms with Gasteiger partial charge in [-0.25, -0.2) is 14.8 Å². The number of carbonyl (C=O) groups is 1. The monoisotopic (exact) mass is 213 g/mol. The molecule has 0 aromatic carbocycles. The lowest BCUT2D eigenvalue weighted by atomic mass is 10.1. The zero-order valence-electron chi connectivity index (χ0n) is 8.21. The summed E-state index contributed by atoms with van der Waals surface area (Å²) in [5, 5.41) is 10.8. The predicted molar refractivity (Wildman–Crippen MR) is 58.0 cm³/mol. The van der Waals surface area contributed by atoms with Gasteiger partial charge in [0.2, 0.25) is 0 Å². The van der Waals surface area contributed by atoms with Crippen LogP contribution < -0.4 is 0 Å². The maximum Gasteiger partial charge on any atom is 0.350 e. The van der Waals surface area contributed by atoms with Crippen molar-refractivity contribution in [3.8, 4) is 0 Å². The fourth-order valence-electron chi connectivity index (χ4n) is 1.84. The van der Waals surface area contributed by atoms with Crippen molar-refractivity contribution >= 4 is 28.3 Å². The second-order valence-corrected chi connectivity index (χ2v) is 3.56. The van der Waals surface area contributed by atoms with Gasteiger partial charge in [0, 0.05) is 36.0 Å². The van der Waals surface area contributed by atoms with Crippen molar-refractivity contribution in [1.29, 1.82) is 0 Å². The average molecular weight is 213 g/mol. The largest absolute Gasteiger partial charge is 0.477 e. The number of rotatable bonds is 1. The minimum atomic E-state index is -0.986. The molecule has 3 rings (SSSR count). The minimum Gasteiger partial charge on any atom is -0.477 e. The number of hydrogen-bond donors (Lipinski definition) is 1. The summed E-state index contributed by atoms with van der Waals surface area (Å²) in [6.07, 6.45) is 5.39. The molecule has 0 unspecified atom stereocenters. The van der Waals surface area contributed by atoms with Crippen LogP contribution in [0.5, 0.6) is 0 Å². The highest BCUT2D eigenvalue weighted by Gasteiger charge is 2.22. The molecule has 0 radical (unpaired) electrons. The van der Waals surface area contributed by atoms with Crippen LogP contribution in [0.1, 0.15) is 5.56 Å². The summed E-state index contributed by atoms with van der Waals surface area (Å²) < 4.78 is 0. The topological polar surface area (TPSA) is 75.4 Å². The van der Waals surface area contributed by atoms with Gasteiger partial charge in [0.05, 0.1) is 0 Å². The Bertz CT molecular complexity index is 634. The van der Waals surface area contributed by atoms with Gasteiger partial charge < -0.3 is 5.11 Å². The summed E-state index contributed by atoms with van der Waals surface area (Å²) in [7, 11) is 0. The van der Waals surface area contributed by atoms with Gasteiger partial charge in [0.1, 0.15) is 5.71 Å². The van der Waals surface area contributed by atoms with Gasteiger partial charge in [-0.05, 0) is 11.5 Å². The van der Waals surface area contributed by atoms with Gasteiger partial charge in [-0.15, -0.1) is 0 Å². The maximum absolute atomic E-state index is 10.8. The quantitative estimate of drug-likeness (QED) is 0.775. The Hall–Kier alpha value is -2.30. The van der Waals surface area contributed by atoms with E-state index in [0.29, 0.717) is 12.2 Å². The van der Waals surface area contributed by atoms with Gasteiger partial charge in [0.25, 0.3) is 0 Å². The molecular formula is C11H7N3O2. The molecule has 5 heteroatoms. The molecule has 1 N–H and O–H groups in total. The molecule has 1 aliphatic heterocycles. The number of aromatic nitrogens is 2. The Morgan fingerprint density at radius 1 is 1.38 bits per heavy atom. The van der Waals surface area contributed by atoms with E-state index < -0.39 is 5.97 Å². The van der Waals surface area contributed by atoms with Crippen LogP contribution in [0.25, 0.3) is 10.8 Å². The van der Waals surface area contributed by atoms with Crippen LogP contribution >= 0.6 is 0 Å². The number of nitrogens with zero attached hydrogens (tertiary/aromatic N) is 3. The molecule has 2 aromatic rings. The summed E-state index contributed by atoms with van der Waals surface area (Å²) in [4.78, 5) is 23.0. The summed E-state index contributed by atoms with van der Waals surface area (Å²) in [5.74, 6) is -0.476. The van der Waals surface area contributed by atoms with E-state index in [0.717, 1.165) is 16.3 Å². The fraction of sp³-hybridized carbons (Fsp3) is 0.0909. The number of pyridine rings is 2. The van der Waals surface area contributed by atoms with Crippen LogP contribution in [0.2, 0.25) is 0 Å². The van der Waals surface area contributed by atoms with Crippen LogP contribution in [-0.2, 0) is 11.2 Å². The van der Waals surface area contributed by atoms with Crippen molar-refractivity contribution in [1.82, 2.24) is 9.97 Å². The normalized spacial score (nSPS) is 13.6. The van der Waals surface area contributed by atoms with E-state index in [1.165, 1.54) is 0 Å². The standard InChI is InChI=1S/C11H7N3O2/c15-11(16)9-3-8-7-1-2-12-4-6(7)5-13-10(8)14-9/h1-2,4-5H,3H2,(H,15,16). The smallest absolute Gasteiger partial charge is 0.350 e. The third kappa shape index (κ3) is 1.18. The van der Waals surface area contributed by atoms with Gasteiger partial charge in [0.15, 0.2) is 5.82 Å². The summed E-state index contributed by atoms with van der Waals surface area (Å²) in [6, 6.07) is 1.86. The Labute approximate surface area is 90.5 Å². The first-order valence-corrected chi connectivity index (χ1v) is 4.78. The van der Waals surface area contributed by atoms with E-state index in [9.17, 15) is 4.79 Å². The number of aliphatic imine (C=N–C) groups is 1. The molecule has 2 aromatic heterocycles. The first-order valence-electron chi connectivity index (χ1n) is 4.78. The molecule has 0 spiro atoms. The van der Waals surface area contributed by atoms with Crippen LogP contribution in [0, 0.1) is 0 Å². The average Bonchev–Trinajstić information content (AvgIpc) is 2.73. The molecule has 0 aliphatic carbocycles. The summed E-state index contributed by atoms with van der Waals surface area (Å²) >= 11 is 0. The number of fused-ring (bicyclic) bond motifs is 3. The van der Waals surface area contributed by atoms with Gasteiger partial charge in [-0.2, -0.15) is 0 Å². The van der Waals surface area contributed by atoms with Crippen LogP contribution in [0.4, 0.5) is 5.82 Å². The molecule has 0 fully saturated rings. The lowest BCUT2D eigenvalue weighted by Crippen LogP contribution is -2.12. The van der Waals surface area contributed by atoms with Crippen molar-refractivity contribution < 1.29 is 9.90 Å². The van der Waals surface area contributed by atoms with E-state index in [1.54, 1.807) is 18.6 Å². The molecule has 78 valence electrons. The maximum atomic E-state index is 10.8. The Morgan fingerprint density at radius 2 is 2.25 bits per heavy atom. The third-order valence-electron chi connectivity index (χ3n) is 2.60. The van der Waals surface area contributed by atoms with Crippen LogP contribution in [-0.4, -0.2) is 26.8 Å². The fourth-order valence-corrected chi connectivity index (χ4v) is 1.84. The molecule has 3 heterocycles. The first-order chi connectivity index (χ1) is 7.75. The zero-order chi connectivity index (χ0) is 11.1. The SMILES string of the molecule is O=C(O)C1=Nc2ncc3cnccc3c2C1. The molecule has 0 amide bonds. The highest BCUT2D eigenvalue weighted by Crippen LogP contribution is 2.30. The molecular weight excluding hydrogens is 206 g/mol. The molecule has 0 atom stereocenters. The second kappa shape index (κ2) is 3.10. The van der Waals surface area contributed by atoms with Crippen molar-refractivity contribution in [2.75, 3.05) is 0 Å². The Morgan fingerprint density at radius 3 is 3.06 bits per heavy atom. The van der Waals surface area contributed by atoms with E-state index >= 15 is 0 Å². The van der Waals surface area contributed by atoms with Crippen molar-refractivity contribution in [2.24, 2.45) is 4.99 Å². The lowest BCUT2D eigenvalue weighted by molar-refractivity contribution is -0.129. The van der Waals surface area contributed by atoms with Crippen molar-refractivity contribution in [3.63, 3.8) is 0 Å². The highest BCUT2D eigenvalue weighted by atomic mass is 16.4. The molecule has 0 saturated heterocycles. The first kappa shape index (κ1) is 8.96. The van der Waals surface area contributed by atoms with Crippen LogP contribution in [0.15, 0.2) is 29.6 Å². The summed E-state index contributed by atoms with van der Waals surface area (Å²) in [6.45, 7) is 0. The van der Waals surface area contributed by atoms with Crippen LogP contribution in [0.3, 0.4) is 0 Å². The number of aliphatic carboxylic acids is 1. The van der Waals surface area contributed by atoms with E-state index in [4.69, 9.17) is 5.11 Å². The van der Waals surface area contributed by atoms with Crippen molar-refractivity contribution in [3.05, 3.63) is 30.2 Å². The molecule has 0 saturated carbocycles. The highest BCUT2D eigenvalue weighted by molar-refractivity contribution is 6.38. The third-order valence-corrected chi connectivity index (χ3v) is 2.60. The zero-order valence-corrected chi connectivity index (χ0v) is 8.21. The minimum absolute atomic E-state index is 0.145.